The molecule has 9 heteroatoms. The molecule has 9 nitrogen and oxygen atoms in total. The minimum Gasteiger partial charge on any atom is -0.461 e. The van der Waals surface area contributed by atoms with Crippen LogP contribution in [0, 0.1) is 17.0 Å². The number of amides is 1. The number of esters is 1. The Morgan fingerprint density at radius 3 is 2.74 bits per heavy atom. The number of fused-ring (bicyclic) bond motifs is 1. The van der Waals surface area contributed by atoms with Crippen molar-refractivity contribution in [3.63, 3.8) is 0 Å². The first-order valence-electron chi connectivity index (χ1n) is 8.13. The van der Waals surface area contributed by atoms with Gasteiger partial charge in [0.25, 0.3) is 11.6 Å². The van der Waals surface area contributed by atoms with Crippen LogP contribution in [-0.4, -0.2) is 32.8 Å². The zero-order chi connectivity index (χ0) is 19.6. The van der Waals surface area contributed by atoms with Crippen molar-refractivity contribution in [3.05, 3.63) is 69.5 Å². The molecular formula is C18H16N4O5. The Morgan fingerprint density at radius 1 is 1.26 bits per heavy atom. The van der Waals surface area contributed by atoms with Gasteiger partial charge in [0.05, 0.1) is 11.5 Å². The average molecular weight is 368 g/mol. The van der Waals surface area contributed by atoms with Gasteiger partial charge in [-0.2, -0.15) is 0 Å². The van der Waals surface area contributed by atoms with Crippen LogP contribution in [0.25, 0.3) is 5.65 Å². The van der Waals surface area contributed by atoms with Crippen LogP contribution in [0.1, 0.15) is 33.3 Å². The maximum absolute atomic E-state index is 12.8. The summed E-state index contributed by atoms with van der Waals surface area (Å²) >= 11 is 0. The molecule has 0 fully saturated rings. The zero-order valence-corrected chi connectivity index (χ0v) is 14.6. The summed E-state index contributed by atoms with van der Waals surface area (Å²) in [5, 5.41) is 13.7. The summed E-state index contributed by atoms with van der Waals surface area (Å²) in [6, 6.07) is 9.37. The Balaban J connectivity index is 2.05. The Morgan fingerprint density at radius 2 is 2.04 bits per heavy atom. The number of carbonyl (C=O) groups is 2. The van der Waals surface area contributed by atoms with Gasteiger partial charge in [0.1, 0.15) is 5.65 Å². The van der Waals surface area contributed by atoms with Crippen molar-refractivity contribution < 1.29 is 19.2 Å². The highest BCUT2D eigenvalue weighted by Crippen LogP contribution is 2.24. The van der Waals surface area contributed by atoms with Crippen LogP contribution in [0.3, 0.4) is 0 Å². The number of ether oxygens (including phenoxy) is 1. The molecule has 2 aromatic heterocycles. The van der Waals surface area contributed by atoms with Crippen LogP contribution in [0.5, 0.6) is 0 Å². The van der Waals surface area contributed by atoms with Gasteiger partial charge in [0, 0.05) is 23.4 Å². The molecule has 1 N–H and O–H groups in total. The Bertz CT molecular complexity index is 1060. The topological polar surface area (TPSA) is 116 Å². The summed E-state index contributed by atoms with van der Waals surface area (Å²) in [7, 11) is 0. The first-order valence-corrected chi connectivity index (χ1v) is 8.13. The molecule has 1 amide bonds. The molecule has 1 aromatic carbocycles. The van der Waals surface area contributed by atoms with Crippen molar-refractivity contribution in [2.45, 2.75) is 13.8 Å². The Kier molecular flexibility index (Phi) is 4.84. The minimum atomic E-state index is -0.674. The molecule has 0 radical (unpaired) electrons. The molecule has 138 valence electrons. The fraction of sp³-hybridized carbons (Fsp3) is 0.167. The molecule has 3 aromatic rings. The van der Waals surface area contributed by atoms with Gasteiger partial charge in [-0.25, -0.2) is 9.78 Å². The van der Waals surface area contributed by atoms with E-state index in [1.54, 1.807) is 31.3 Å². The highest BCUT2D eigenvalue weighted by atomic mass is 16.6. The second kappa shape index (κ2) is 7.24. The van der Waals surface area contributed by atoms with Gasteiger partial charge < -0.3 is 10.1 Å². The monoisotopic (exact) mass is 368 g/mol. The number of nitrogens with zero attached hydrogens (tertiary/aromatic N) is 3. The molecule has 0 aliphatic heterocycles. The molecule has 0 bridgehead atoms. The van der Waals surface area contributed by atoms with Crippen molar-refractivity contribution in [1.29, 1.82) is 0 Å². The van der Waals surface area contributed by atoms with Crippen molar-refractivity contribution >= 4 is 29.0 Å². The number of rotatable bonds is 5. The third kappa shape index (κ3) is 3.34. The zero-order valence-electron chi connectivity index (χ0n) is 14.6. The number of nitrogens with one attached hydrogen (secondary N) is 1. The van der Waals surface area contributed by atoms with Gasteiger partial charge in [-0.05, 0) is 32.0 Å². The van der Waals surface area contributed by atoms with Crippen molar-refractivity contribution in [1.82, 2.24) is 9.38 Å². The van der Waals surface area contributed by atoms with E-state index in [1.165, 1.54) is 29.5 Å². The molecule has 0 saturated heterocycles. The van der Waals surface area contributed by atoms with Gasteiger partial charge in [-0.1, -0.05) is 12.1 Å². The average Bonchev–Trinajstić information content (AvgIpc) is 3.00. The van der Waals surface area contributed by atoms with Crippen molar-refractivity contribution in [2.24, 2.45) is 0 Å². The lowest BCUT2D eigenvalue weighted by atomic mass is 10.1. The quantitative estimate of drug-likeness (QED) is 0.420. The van der Waals surface area contributed by atoms with Gasteiger partial charge >= 0.3 is 5.97 Å². The standard InChI is InChI=1S/C18H16N4O5/c1-3-27-18(24)15-16(21-10-5-4-9-14(21)19-15)20-17(23)12-7-6-8-13(11(12)2)22(25)26/h4-10H,3H2,1-2H3,(H,20,23). The van der Waals surface area contributed by atoms with Gasteiger partial charge in [0.2, 0.25) is 0 Å². The van der Waals surface area contributed by atoms with Gasteiger partial charge in [0.15, 0.2) is 11.5 Å². The van der Waals surface area contributed by atoms with E-state index < -0.39 is 16.8 Å². The lowest BCUT2D eigenvalue weighted by Gasteiger charge is -2.09. The number of hydrogen-bond acceptors (Lipinski definition) is 6. The molecule has 27 heavy (non-hydrogen) atoms. The fourth-order valence-electron chi connectivity index (χ4n) is 2.70. The first-order chi connectivity index (χ1) is 12.9. The SMILES string of the molecule is CCOC(=O)c1nc2ccccn2c1NC(=O)c1cccc([N+](=O)[O-])c1C. The summed E-state index contributed by atoms with van der Waals surface area (Å²) < 4.78 is 6.54. The smallest absolute Gasteiger partial charge is 0.360 e. The number of aromatic nitrogens is 2. The van der Waals surface area contributed by atoms with E-state index in [0.29, 0.717) is 5.65 Å². The molecule has 0 aliphatic rings. The molecule has 2 heterocycles. The number of nitro groups is 1. The van der Waals surface area contributed by atoms with E-state index in [9.17, 15) is 19.7 Å². The van der Waals surface area contributed by atoms with Crippen LogP contribution in [0.2, 0.25) is 0 Å². The number of imidazole rings is 1. The van der Waals surface area contributed by atoms with E-state index in [2.05, 4.69) is 10.3 Å². The highest BCUT2D eigenvalue weighted by molar-refractivity contribution is 6.08. The number of pyridine rings is 1. The lowest BCUT2D eigenvalue weighted by molar-refractivity contribution is -0.385. The van der Waals surface area contributed by atoms with Crippen LogP contribution in [0.15, 0.2) is 42.6 Å². The van der Waals surface area contributed by atoms with Crippen LogP contribution in [-0.2, 0) is 4.74 Å². The lowest BCUT2D eigenvalue weighted by Crippen LogP contribution is -2.18. The maximum atomic E-state index is 12.8. The maximum Gasteiger partial charge on any atom is 0.360 e. The second-order valence-electron chi connectivity index (χ2n) is 5.62. The van der Waals surface area contributed by atoms with Crippen LogP contribution < -0.4 is 5.32 Å². The molecule has 0 aliphatic carbocycles. The van der Waals surface area contributed by atoms with Crippen LogP contribution in [0.4, 0.5) is 11.5 Å². The third-order valence-electron chi connectivity index (χ3n) is 3.98. The molecule has 0 spiro atoms. The molecule has 0 unspecified atom stereocenters. The fourth-order valence-corrected chi connectivity index (χ4v) is 2.70. The summed E-state index contributed by atoms with van der Waals surface area (Å²) in [4.78, 5) is 39.7. The molecule has 0 saturated carbocycles. The third-order valence-corrected chi connectivity index (χ3v) is 3.98. The number of hydrogen-bond donors (Lipinski definition) is 1. The summed E-state index contributed by atoms with van der Waals surface area (Å²) in [6.45, 7) is 3.32. The van der Waals surface area contributed by atoms with E-state index in [1.807, 2.05) is 0 Å². The van der Waals surface area contributed by atoms with E-state index >= 15 is 0 Å². The summed E-state index contributed by atoms with van der Waals surface area (Å²) in [6.07, 6.45) is 1.64. The minimum absolute atomic E-state index is 0.0421. The summed E-state index contributed by atoms with van der Waals surface area (Å²) in [5.41, 5.74) is 0.605. The van der Waals surface area contributed by atoms with Crippen LogP contribution >= 0.6 is 0 Å². The Hall–Kier alpha value is -3.75. The number of carbonyl (C=O) groups excluding carboxylic acids is 2. The molecule has 3 rings (SSSR count). The molecular weight excluding hydrogens is 352 g/mol. The molecule has 0 atom stereocenters. The predicted molar refractivity (Wildman–Crippen MR) is 96.9 cm³/mol. The second-order valence-corrected chi connectivity index (χ2v) is 5.62. The Labute approximate surface area is 153 Å². The number of anilines is 1. The van der Waals surface area contributed by atoms with E-state index in [4.69, 9.17) is 4.74 Å². The van der Waals surface area contributed by atoms with E-state index in [-0.39, 0.29) is 34.9 Å². The normalized spacial score (nSPS) is 10.6. The van der Waals surface area contributed by atoms with Crippen molar-refractivity contribution in [2.75, 3.05) is 11.9 Å². The van der Waals surface area contributed by atoms with Crippen molar-refractivity contribution in [3.8, 4) is 0 Å². The van der Waals surface area contributed by atoms with Gasteiger partial charge in [-0.3, -0.25) is 19.3 Å². The summed E-state index contributed by atoms with van der Waals surface area (Å²) in [5.74, 6) is -1.13. The highest BCUT2D eigenvalue weighted by Gasteiger charge is 2.24. The largest absolute Gasteiger partial charge is 0.461 e. The number of nitro benzene ring substituents is 1. The first kappa shape index (κ1) is 18.1. The number of benzene rings is 1. The predicted octanol–water partition coefficient (Wildman–Crippen LogP) is 2.98. The van der Waals surface area contributed by atoms with Gasteiger partial charge in [-0.15, -0.1) is 0 Å². The van der Waals surface area contributed by atoms with E-state index in [0.717, 1.165) is 0 Å².